The van der Waals surface area contributed by atoms with Crippen LogP contribution in [-0.4, -0.2) is 47.9 Å². The van der Waals surface area contributed by atoms with Crippen LogP contribution in [0.4, 0.5) is 0 Å². The molecule has 7 heteroatoms. The van der Waals surface area contributed by atoms with Gasteiger partial charge >= 0.3 is 0 Å². The van der Waals surface area contributed by atoms with Crippen molar-refractivity contribution in [3.8, 4) is 5.75 Å². The fourth-order valence-corrected chi connectivity index (χ4v) is 4.07. The van der Waals surface area contributed by atoms with Crippen LogP contribution < -0.4 is 15.8 Å². The summed E-state index contributed by atoms with van der Waals surface area (Å²) in [6.45, 7) is 5.68. The fraction of sp³-hybridized carbons (Fsp3) is 0.346. The van der Waals surface area contributed by atoms with E-state index in [-0.39, 0.29) is 18.4 Å². The minimum Gasteiger partial charge on any atom is -0.489 e. The standard InChI is InChI=1S/C25H29N3O2.CH3NO/c1-17-14-20(23-6-4-5-7-24(23)26-17)16-30-22-10-8-19(9-11-22)25(29)27-21-12-13-28(3)18(2)15-21;2-1-3/h4-11,14,18,21H,12-13,15-16H2,1-3H3,(H,27,29);1H,(H2,2,3). The quantitative estimate of drug-likeness (QED) is 0.583. The van der Waals surface area contributed by atoms with Crippen molar-refractivity contribution >= 4 is 23.2 Å². The molecule has 1 aliphatic rings. The molecular formula is C26H32N4O3. The van der Waals surface area contributed by atoms with Gasteiger partial charge in [-0.2, -0.15) is 0 Å². The summed E-state index contributed by atoms with van der Waals surface area (Å²) in [6, 6.07) is 18.3. The number of fused-ring (bicyclic) bond motifs is 1. The summed E-state index contributed by atoms with van der Waals surface area (Å²) in [5, 5.41) is 4.28. The molecule has 7 nitrogen and oxygen atoms in total. The van der Waals surface area contributed by atoms with Gasteiger partial charge in [0.15, 0.2) is 0 Å². The number of aryl methyl sites for hydroxylation is 1. The summed E-state index contributed by atoms with van der Waals surface area (Å²) in [4.78, 5) is 28.1. The Hall–Kier alpha value is -3.45. The van der Waals surface area contributed by atoms with Gasteiger partial charge in [0.2, 0.25) is 6.41 Å². The number of aromatic nitrogens is 1. The lowest BCUT2D eigenvalue weighted by molar-refractivity contribution is -0.106. The molecule has 2 aromatic carbocycles. The highest BCUT2D eigenvalue weighted by atomic mass is 16.5. The van der Waals surface area contributed by atoms with E-state index in [2.05, 4.69) is 47.0 Å². The molecule has 2 heterocycles. The number of primary amides is 1. The SMILES string of the molecule is Cc1cc(COc2ccc(C(=O)NC3CCN(C)C(C)C3)cc2)c2ccccc2n1.NC=O. The lowest BCUT2D eigenvalue weighted by Crippen LogP contribution is -2.47. The van der Waals surface area contributed by atoms with E-state index in [1.54, 1.807) is 0 Å². The van der Waals surface area contributed by atoms with Gasteiger partial charge in [-0.15, -0.1) is 0 Å². The van der Waals surface area contributed by atoms with Crippen LogP contribution in [0.5, 0.6) is 5.75 Å². The van der Waals surface area contributed by atoms with Gasteiger partial charge in [0.1, 0.15) is 12.4 Å². The number of nitrogens with one attached hydrogen (secondary N) is 1. The first-order chi connectivity index (χ1) is 15.9. The van der Waals surface area contributed by atoms with Crippen molar-refractivity contribution in [3.63, 3.8) is 0 Å². The zero-order valence-electron chi connectivity index (χ0n) is 19.5. The number of rotatable bonds is 5. The number of ether oxygens (including phenoxy) is 1. The van der Waals surface area contributed by atoms with Crippen LogP contribution in [0.25, 0.3) is 10.9 Å². The number of carbonyl (C=O) groups excluding carboxylic acids is 2. The zero-order valence-corrected chi connectivity index (χ0v) is 19.5. The highest BCUT2D eigenvalue weighted by Gasteiger charge is 2.24. The van der Waals surface area contributed by atoms with Gasteiger partial charge in [0.05, 0.1) is 5.52 Å². The number of para-hydroxylation sites is 1. The van der Waals surface area contributed by atoms with Crippen molar-refractivity contribution in [2.75, 3.05) is 13.6 Å². The highest BCUT2D eigenvalue weighted by molar-refractivity contribution is 5.94. The van der Waals surface area contributed by atoms with E-state index in [1.165, 1.54) is 0 Å². The molecule has 2 atom stereocenters. The van der Waals surface area contributed by atoms with E-state index in [1.807, 2.05) is 49.4 Å². The third-order valence-corrected chi connectivity index (χ3v) is 5.98. The van der Waals surface area contributed by atoms with E-state index in [4.69, 9.17) is 9.53 Å². The predicted molar refractivity (Wildman–Crippen MR) is 130 cm³/mol. The van der Waals surface area contributed by atoms with Gasteiger partial charge in [-0.1, -0.05) is 18.2 Å². The molecule has 0 spiro atoms. The van der Waals surface area contributed by atoms with Gasteiger partial charge in [-0.25, -0.2) is 0 Å². The summed E-state index contributed by atoms with van der Waals surface area (Å²) in [7, 11) is 2.14. The molecule has 2 unspecified atom stereocenters. The molecule has 2 amide bonds. The van der Waals surface area contributed by atoms with Gasteiger partial charge in [-0.3, -0.25) is 14.6 Å². The molecule has 1 saturated heterocycles. The van der Waals surface area contributed by atoms with Crippen LogP contribution in [0.1, 0.15) is 41.4 Å². The number of hydrogen-bond acceptors (Lipinski definition) is 5. The Morgan fingerprint density at radius 2 is 1.94 bits per heavy atom. The molecule has 3 aromatic rings. The van der Waals surface area contributed by atoms with Crippen LogP contribution >= 0.6 is 0 Å². The van der Waals surface area contributed by atoms with E-state index in [9.17, 15) is 4.79 Å². The first-order valence-electron chi connectivity index (χ1n) is 11.2. The maximum atomic E-state index is 12.6. The van der Waals surface area contributed by atoms with Crippen molar-refractivity contribution in [2.24, 2.45) is 5.73 Å². The number of piperidine rings is 1. The molecule has 1 fully saturated rings. The van der Waals surface area contributed by atoms with E-state index in [0.717, 1.165) is 47.3 Å². The number of amides is 2. The summed E-state index contributed by atoms with van der Waals surface area (Å²) >= 11 is 0. The first kappa shape index (κ1) is 24.2. The fourth-order valence-electron chi connectivity index (χ4n) is 4.07. The molecule has 174 valence electrons. The van der Waals surface area contributed by atoms with Gasteiger partial charge in [0, 0.05) is 40.8 Å². The van der Waals surface area contributed by atoms with Crippen LogP contribution in [0, 0.1) is 6.92 Å². The molecule has 33 heavy (non-hydrogen) atoms. The summed E-state index contributed by atoms with van der Waals surface area (Å²) in [5.41, 5.74) is 7.89. The van der Waals surface area contributed by atoms with Gasteiger partial charge < -0.3 is 20.7 Å². The Kier molecular flexibility index (Phi) is 8.38. The second kappa shape index (κ2) is 11.4. The summed E-state index contributed by atoms with van der Waals surface area (Å²) in [5.74, 6) is 0.733. The second-order valence-electron chi connectivity index (χ2n) is 8.41. The Morgan fingerprint density at radius 1 is 1.24 bits per heavy atom. The molecule has 0 saturated carbocycles. The van der Waals surface area contributed by atoms with Crippen LogP contribution in [0.2, 0.25) is 0 Å². The van der Waals surface area contributed by atoms with E-state index >= 15 is 0 Å². The molecular weight excluding hydrogens is 416 g/mol. The molecule has 4 rings (SSSR count). The first-order valence-corrected chi connectivity index (χ1v) is 11.2. The largest absolute Gasteiger partial charge is 0.489 e. The maximum Gasteiger partial charge on any atom is 0.251 e. The van der Waals surface area contributed by atoms with E-state index < -0.39 is 0 Å². The lowest BCUT2D eigenvalue weighted by atomic mass is 9.98. The number of nitrogens with zero attached hydrogens (tertiary/aromatic N) is 2. The second-order valence-corrected chi connectivity index (χ2v) is 8.41. The minimum atomic E-state index is -0.0148. The van der Waals surface area contributed by atoms with Crippen LogP contribution in [0.3, 0.4) is 0 Å². The van der Waals surface area contributed by atoms with Crippen molar-refractivity contribution in [2.45, 2.75) is 45.4 Å². The topological polar surface area (TPSA) is 97.6 Å². The third kappa shape index (κ3) is 6.52. The number of carbonyl (C=O) groups is 2. The molecule has 1 aromatic heterocycles. The predicted octanol–water partition coefficient (Wildman–Crippen LogP) is 3.44. The number of pyridine rings is 1. The average molecular weight is 449 g/mol. The lowest BCUT2D eigenvalue weighted by Gasteiger charge is -2.35. The van der Waals surface area contributed by atoms with Crippen molar-refractivity contribution < 1.29 is 14.3 Å². The Morgan fingerprint density at radius 3 is 2.64 bits per heavy atom. The zero-order chi connectivity index (χ0) is 23.8. The maximum absolute atomic E-state index is 12.6. The number of likely N-dealkylation sites (tertiary alicyclic amines) is 1. The normalized spacial score (nSPS) is 18.2. The Bertz CT molecular complexity index is 1080. The molecule has 0 bridgehead atoms. The highest BCUT2D eigenvalue weighted by Crippen LogP contribution is 2.21. The number of hydrogen-bond donors (Lipinski definition) is 2. The molecule has 3 N–H and O–H groups in total. The summed E-state index contributed by atoms with van der Waals surface area (Å²) < 4.78 is 6.00. The van der Waals surface area contributed by atoms with Crippen LogP contribution in [0.15, 0.2) is 54.6 Å². The molecule has 1 aliphatic heterocycles. The minimum absolute atomic E-state index is 0.0148. The summed E-state index contributed by atoms with van der Waals surface area (Å²) in [6.07, 6.45) is 2.23. The van der Waals surface area contributed by atoms with Gasteiger partial charge in [-0.05, 0) is 70.1 Å². The monoisotopic (exact) mass is 448 g/mol. The third-order valence-electron chi connectivity index (χ3n) is 5.98. The molecule has 0 aliphatic carbocycles. The number of benzene rings is 2. The molecule has 0 radical (unpaired) electrons. The van der Waals surface area contributed by atoms with Crippen molar-refractivity contribution in [3.05, 3.63) is 71.4 Å². The number of nitrogens with two attached hydrogens (primary N) is 1. The Balaban J connectivity index is 0.000000968. The van der Waals surface area contributed by atoms with E-state index in [0.29, 0.717) is 18.2 Å². The van der Waals surface area contributed by atoms with Gasteiger partial charge in [0.25, 0.3) is 5.91 Å². The van der Waals surface area contributed by atoms with Crippen molar-refractivity contribution in [1.82, 2.24) is 15.2 Å². The van der Waals surface area contributed by atoms with Crippen LogP contribution in [-0.2, 0) is 11.4 Å². The Labute approximate surface area is 194 Å². The van der Waals surface area contributed by atoms with Crippen molar-refractivity contribution in [1.29, 1.82) is 0 Å². The smallest absolute Gasteiger partial charge is 0.251 e. The average Bonchev–Trinajstić information content (AvgIpc) is 2.80.